The van der Waals surface area contributed by atoms with E-state index in [2.05, 4.69) is 36.4 Å². The van der Waals surface area contributed by atoms with E-state index in [0.717, 1.165) is 57.6 Å². The van der Waals surface area contributed by atoms with Crippen molar-refractivity contribution in [3.63, 3.8) is 0 Å². The molecule has 5 nitrogen and oxygen atoms in total. The highest BCUT2D eigenvalue weighted by Crippen LogP contribution is 2.28. The molecule has 1 fully saturated rings. The maximum absolute atomic E-state index is 5.75. The van der Waals surface area contributed by atoms with Crippen LogP contribution in [0.5, 0.6) is 0 Å². The molecular formula is C17H35N3O2. The summed E-state index contributed by atoms with van der Waals surface area (Å²) in [4.78, 5) is 4.24. The molecule has 0 aromatic carbocycles. The molecule has 2 N–H and O–H groups in total. The van der Waals surface area contributed by atoms with Crippen LogP contribution in [-0.4, -0.2) is 52.0 Å². The minimum Gasteiger partial charge on any atom is -0.381 e. The van der Waals surface area contributed by atoms with E-state index in [4.69, 9.17) is 9.47 Å². The normalized spacial score (nSPS) is 16.9. The minimum absolute atomic E-state index is 0.312. The van der Waals surface area contributed by atoms with Crippen molar-refractivity contribution >= 4 is 5.96 Å². The molecule has 0 aromatic heterocycles. The molecule has 0 amide bonds. The quantitative estimate of drug-likeness (QED) is 0.330. The molecule has 5 heteroatoms. The van der Waals surface area contributed by atoms with Crippen LogP contribution in [-0.2, 0) is 9.47 Å². The van der Waals surface area contributed by atoms with Gasteiger partial charge in [-0.3, -0.25) is 4.99 Å². The van der Waals surface area contributed by atoms with Crippen LogP contribution >= 0.6 is 0 Å². The summed E-state index contributed by atoms with van der Waals surface area (Å²) in [7, 11) is 1.81. The van der Waals surface area contributed by atoms with Crippen molar-refractivity contribution in [3.05, 3.63) is 0 Å². The van der Waals surface area contributed by atoms with Crippen molar-refractivity contribution in [2.24, 2.45) is 16.8 Å². The summed E-state index contributed by atoms with van der Waals surface area (Å²) in [6.45, 7) is 10.8. The Hall–Kier alpha value is -0.810. The van der Waals surface area contributed by atoms with Gasteiger partial charge >= 0.3 is 0 Å². The summed E-state index contributed by atoms with van der Waals surface area (Å²) >= 11 is 0. The molecule has 1 rings (SSSR count). The number of rotatable bonds is 12. The third-order valence-corrected chi connectivity index (χ3v) is 3.88. The Labute approximate surface area is 136 Å². The highest BCUT2D eigenvalue weighted by atomic mass is 16.5. The molecule has 1 aliphatic carbocycles. The number of hydrogen-bond acceptors (Lipinski definition) is 3. The second kappa shape index (κ2) is 11.7. The average molecular weight is 313 g/mol. The van der Waals surface area contributed by atoms with Crippen LogP contribution in [0.25, 0.3) is 0 Å². The van der Waals surface area contributed by atoms with Crippen molar-refractivity contribution in [1.82, 2.24) is 10.6 Å². The first kappa shape index (κ1) is 19.2. The lowest BCUT2D eigenvalue weighted by Gasteiger charge is -2.21. The van der Waals surface area contributed by atoms with E-state index in [0.29, 0.717) is 12.0 Å². The van der Waals surface area contributed by atoms with Gasteiger partial charge in [0.05, 0.1) is 6.10 Å². The molecule has 0 radical (unpaired) electrons. The van der Waals surface area contributed by atoms with Gasteiger partial charge in [0.15, 0.2) is 5.96 Å². The predicted molar refractivity (Wildman–Crippen MR) is 92.4 cm³/mol. The van der Waals surface area contributed by atoms with Gasteiger partial charge in [-0.1, -0.05) is 13.8 Å². The topological polar surface area (TPSA) is 54.9 Å². The number of guanidine groups is 1. The van der Waals surface area contributed by atoms with E-state index in [1.807, 2.05) is 0 Å². The van der Waals surface area contributed by atoms with Crippen molar-refractivity contribution in [2.45, 2.75) is 52.6 Å². The highest BCUT2D eigenvalue weighted by Gasteiger charge is 2.20. The smallest absolute Gasteiger partial charge is 0.190 e. The summed E-state index contributed by atoms with van der Waals surface area (Å²) in [5.41, 5.74) is 0. The summed E-state index contributed by atoms with van der Waals surface area (Å²) < 4.78 is 11.4. The van der Waals surface area contributed by atoms with Gasteiger partial charge in [-0.2, -0.15) is 0 Å². The van der Waals surface area contributed by atoms with Crippen molar-refractivity contribution in [2.75, 3.05) is 40.0 Å². The molecule has 1 saturated carbocycles. The van der Waals surface area contributed by atoms with Crippen LogP contribution in [0, 0.1) is 11.8 Å². The largest absolute Gasteiger partial charge is 0.381 e. The predicted octanol–water partition coefficient (Wildman–Crippen LogP) is 2.42. The Morgan fingerprint density at radius 1 is 1.23 bits per heavy atom. The number of aliphatic imine (C=N–C) groups is 1. The first-order chi connectivity index (χ1) is 10.7. The van der Waals surface area contributed by atoms with E-state index < -0.39 is 0 Å². The Morgan fingerprint density at radius 3 is 2.55 bits per heavy atom. The van der Waals surface area contributed by atoms with Crippen LogP contribution in [0.1, 0.15) is 46.5 Å². The SMILES string of the molecule is CCOC(CCNC(=NC)NCCCOCC1CC1)C(C)C. The number of nitrogens with zero attached hydrogens (tertiary/aromatic N) is 1. The zero-order valence-electron chi connectivity index (χ0n) is 14.9. The number of hydrogen-bond donors (Lipinski definition) is 2. The van der Waals surface area contributed by atoms with E-state index in [-0.39, 0.29) is 0 Å². The van der Waals surface area contributed by atoms with E-state index >= 15 is 0 Å². The zero-order chi connectivity index (χ0) is 16.2. The van der Waals surface area contributed by atoms with Crippen LogP contribution in [0.2, 0.25) is 0 Å². The molecule has 0 heterocycles. The van der Waals surface area contributed by atoms with Gasteiger partial charge in [0.2, 0.25) is 0 Å². The molecule has 0 saturated heterocycles. The molecule has 0 spiro atoms. The van der Waals surface area contributed by atoms with Crippen LogP contribution < -0.4 is 10.6 Å². The molecule has 1 unspecified atom stereocenters. The van der Waals surface area contributed by atoms with Crippen molar-refractivity contribution in [3.8, 4) is 0 Å². The summed E-state index contributed by atoms with van der Waals surface area (Å²) in [6, 6.07) is 0. The molecule has 1 atom stereocenters. The number of ether oxygens (including phenoxy) is 2. The highest BCUT2D eigenvalue weighted by molar-refractivity contribution is 5.79. The van der Waals surface area contributed by atoms with Gasteiger partial charge in [-0.25, -0.2) is 0 Å². The summed E-state index contributed by atoms with van der Waals surface area (Å²) in [6.07, 6.45) is 5.03. The standard InChI is InChI=1S/C17H35N3O2/c1-5-22-16(14(2)3)9-11-20-17(18-4)19-10-6-12-21-13-15-7-8-15/h14-16H,5-13H2,1-4H3,(H2,18,19,20). The molecule has 0 bridgehead atoms. The molecule has 0 aromatic rings. The fourth-order valence-electron chi connectivity index (χ4n) is 2.29. The Kier molecular flexibility index (Phi) is 10.2. The second-order valence-electron chi connectivity index (χ2n) is 6.32. The van der Waals surface area contributed by atoms with Crippen LogP contribution in [0.15, 0.2) is 4.99 Å². The van der Waals surface area contributed by atoms with Gasteiger partial charge in [0.1, 0.15) is 0 Å². The lowest BCUT2D eigenvalue weighted by atomic mass is 10.0. The molecular weight excluding hydrogens is 278 g/mol. The number of nitrogens with one attached hydrogen (secondary N) is 2. The van der Waals surface area contributed by atoms with Crippen LogP contribution in [0.4, 0.5) is 0 Å². The molecule has 1 aliphatic rings. The minimum atomic E-state index is 0.312. The molecule has 22 heavy (non-hydrogen) atoms. The van der Waals surface area contributed by atoms with Gasteiger partial charge in [-0.15, -0.1) is 0 Å². The average Bonchev–Trinajstić information content (AvgIpc) is 3.31. The third-order valence-electron chi connectivity index (χ3n) is 3.88. The molecule has 130 valence electrons. The lowest BCUT2D eigenvalue weighted by molar-refractivity contribution is 0.0258. The Balaban J connectivity index is 2.02. The molecule has 0 aliphatic heterocycles. The fourth-order valence-corrected chi connectivity index (χ4v) is 2.29. The first-order valence-electron chi connectivity index (χ1n) is 8.81. The van der Waals surface area contributed by atoms with E-state index in [1.165, 1.54) is 12.8 Å². The Morgan fingerprint density at radius 2 is 1.95 bits per heavy atom. The van der Waals surface area contributed by atoms with E-state index in [1.54, 1.807) is 7.05 Å². The van der Waals surface area contributed by atoms with Crippen molar-refractivity contribution in [1.29, 1.82) is 0 Å². The van der Waals surface area contributed by atoms with Gasteiger partial charge in [-0.05, 0) is 44.4 Å². The van der Waals surface area contributed by atoms with E-state index in [9.17, 15) is 0 Å². The maximum atomic E-state index is 5.75. The second-order valence-corrected chi connectivity index (χ2v) is 6.32. The monoisotopic (exact) mass is 313 g/mol. The van der Waals surface area contributed by atoms with Gasteiger partial charge in [0, 0.05) is 40.0 Å². The first-order valence-corrected chi connectivity index (χ1v) is 8.81. The Bertz CT molecular complexity index is 304. The van der Waals surface area contributed by atoms with Crippen molar-refractivity contribution < 1.29 is 9.47 Å². The maximum Gasteiger partial charge on any atom is 0.190 e. The summed E-state index contributed by atoms with van der Waals surface area (Å²) in [5, 5.41) is 6.68. The third kappa shape index (κ3) is 9.26. The fraction of sp³-hybridized carbons (Fsp3) is 0.941. The van der Waals surface area contributed by atoms with Crippen LogP contribution in [0.3, 0.4) is 0 Å². The zero-order valence-corrected chi connectivity index (χ0v) is 14.9. The van der Waals surface area contributed by atoms with Gasteiger partial charge < -0.3 is 20.1 Å². The lowest BCUT2D eigenvalue weighted by Crippen LogP contribution is -2.39. The van der Waals surface area contributed by atoms with Gasteiger partial charge in [0.25, 0.3) is 0 Å². The summed E-state index contributed by atoms with van der Waals surface area (Å²) in [5.74, 6) is 2.25.